The lowest BCUT2D eigenvalue weighted by Crippen LogP contribution is -2.52. The Labute approximate surface area is 240 Å². The maximum absolute atomic E-state index is 13.7. The van der Waals surface area contributed by atoms with Crippen LogP contribution in [0.25, 0.3) is 0 Å². The van der Waals surface area contributed by atoms with E-state index in [9.17, 15) is 18.0 Å². The first kappa shape index (κ1) is 31.6. The zero-order valence-corrected chi connectivity index (χ0v) is 25.7. The molecule has 8 nitrogen and oxygen atoms in total. The predicted molar refractivity (Wildman–Crippen MR) is 162 cm³/mol. The van der Waals surface area contributed by atoms with Crippen molar-refractivity contribution >= 4 is 27.6 Å². The van der Waals surface area contributed by atoms with Gasteiger partial charge in [-0.2, -0.15) is 4.31 Å². The summed E-state index contributed by atoms with van der Waals surface area (Å²) in [5.41, 5.74) is 4.11. The van der Waals surface area contributed by atoms with E-state index in [1.165, 1.54) is 9.87 Å². The molecule has 0 unspecified atom stereocenters. The zero-order valence-electron chi connectivity index (χ0n) is 24.9. The summed E-state index contributed by atoms with van der Waals surface area (Å²) in [7, 11) is -3.53. The average molecular weight is 571 g/mol. The van der Waals surface area contributed by atoms with Gasteiger partial charge in [-0.25, -0.2) is 13.2 Å². The number of hydrogen-bond acceptors (Lipinski definition) is 4. The molecule has 3 rings (SSSR count). The van der Waals surface area contributed by atoms with E-state index in [1.807, 2.05) is 74.2 Å². The van der Waals surface area contributed by atoms with Gasteiger partial charge in [-0.05, 0) is 61.8 Å². The monoisotopic (exact) mass is 570 g/mol. The number of hydrogen-bond donors (Lipinski definition) is 1. The van der Waals surface area contributed by atoms with Gasteiger partial charge in [-0.1, -0.05) is 69.7 Å². The number of anilines is 1. The van der Waals surface area contributed by atoms with Crippen LogP contribution in [-0.4, -0.2) is 72.4 Å². The fourth-order valence-corrected chi connectivity index (χ4v) is 6.15. The summed E-state index contributed by atoms with van der Waals surface area (Å²) in [5.74, 6) is 0.279. The zero-order chi connectivity index (χ0) is 29.4. The van der Waals surface area contributed by atoms with Crippen LogP contribution in [0.15, 0.2) is 48.5 Å². The fraction of sp³-hybridized carbons (Fsp3) is 0.548. The number of sulfonamides is 1. The van der Waals surface area contributed by atoms with Crippen molar-refractivity contribution < 1.29 is 18.0 Å². The van der Waals surface area contributed by atoms with Gasteiger partial charge in [-0.3, -0.25) is 4.79 Å². The van der Waals surface area contributed by atoms with Crippen LogP contribution in [0.4, 0.5) is 10.5 Å². The Morgan fingerprint density at radius 1 is 0.975 bits per heavy atom. The molecule has 1 saturated heterocycles. The molecule has 9 heteroatoms. The van der Waals surface area contributed by atoms with Crippen molar-refractivity contribution in [1.29, 1.82) is 0 Å². The highest BCUT2D eigenvalue weighted by atomic mass is 32.2. The molecule has 40 heavy (non-hydrogen) atoms. The number of piperidine rings is 1. The van der Waals surface area contributed by atoms with Gasteiger partial charge in [-0.15, -0.1) is 0 Å². The number of carbonyl (C=O) groups is 2. The Morgan fingerprint density at radius 2 is 1.57 bits per heavy atom. The number of benzene rings is 2. The molecular weight excluding hydrogens is 524 g/mol. The molecule has 0 aromatic heterocycles. The SMILES string of the molecule is CCS(=O)(=O)N(CC(=O)N(Cc1ccc(C)cc1)C1CCN(C(=O)Nc2ccc(C(C)C)cc2)CC1)CC(C)C. The highest BCUT2D eigenvalue weighted by molar-refractivity contribution is 7.89. The van der Waals surface area contributed by atoms with Crippen molar-refractivity contribution in [1.82, 2.24) is 14.1 Å². The van der Waals surface area contributed by atoms with Gasteiger partial charge in [0.05, 0.1) is 12.3 Å². The normalized spacial score (nSPS) is 14.7. The van der Waals surface area contributed by atoms with Crippen molar-refractivity contribution in [3.05, 3.63) is 65.2 Å². The summed E-state index contributed by atoms with van der Waals surface area (Å²) in [4.78, 5) is 30.3. The van der Waals surface area contributed by atoms with Crippen LogP contribution in [0.3, 0.4) is 0 Å². The molecule has 3 amide bonds. The third-order valence-corrected chi connectivity index (χ3v) is 9.25. The summed E-state index contributed by atoms with van der Waals surface area (Å²) >= 11 is 0. The first-order chi connectivity index (χ1) is 18.9. The lowest BCUT2D eigenvalue weighted by Gasteiger charge is -2.39. The van der Waals surface area contributed by atoms with Gasteiger partial charge >= 0.3 is 6.03 Å². The van der Waals surface area contributed by atoms with Gasteiger partial charge < -0.3 is 15.1 Å². The summed E-state index contributed by atoms with van der Waals surface area (Å²) in [6.07, 6.45) is 1.25. The van der Waals surface area contributed by atoms with E-state index in [0.717, 1.165) is 16.8 Å². The van der Waals surface area contributed by atoms with E-state index in [2.05, 4.69) is 19.2 Å². The third-order valence-electron chi connectivity index (χ3n) is 7.45. The maximum atomic E-state index is 13.7. The minimum atomic E-state index is -3.53. The lowest BCUT2D eigenvalue weighted by molar-refractivity contribution is -0.135. The van der Waals surface area contributed by atoms with Crippen molar-refractivity contribution in [3.8, 4) is 0 Å². The van der Waals surface area contributed by atoms with Gasteiger partial charge in [0.2, 0.25) is 15.9 Å². The van der Waals surface area contributed by atoms with Crippen molar-refractivity contribution in [2.45, 2.75) is 72.9 Å². The van der Waals surface area contributed by atoms with Crippen LogP contribution in [0.1, 0.15) is 70.1 Å². The largest absolute Gasteiger partial charge is 0.334 e. The molecule has 2 aromatic carbocycles. The molecule has 1 fully saturated rings. The van der Waals surface area contributed by atoms with E-state index in [0.29, 0.717) is 44.9 Å². The molecule has 1 aliphatic rings. The molecule has 2 aromatic rings. The smallest absolute Gasteiger partial charge is 0.321 e. The topological polar surface area (TPSA) is 90.0 Å². The molecule has 0 aliphatic carbocycles. The van der Waals surface area contributed by atoms with Crippen LogP contribution in [0.2, 0.25) is 0 Å². The summed E-state index contributed by atoms with van der Waals surface area (Å²) in [6.45, 7) is 13.4. The summed E-state index contributed by atoms with van der Waals surface area (Å²) in [6, 6.07) is 15.7. The second-order valence-corrected chi connectivity index (χ2v) is 13.8. The number of carbonyl (C=O) groups excluding carboxylic acids is 2. The maximum Gasteiger partial charge on any atom is 0.321 e. The van der Waals surface area contributed by atoms with Crippen LogP contribution in [-0.2, 0) is 21.4 Å². The number of nitrogens with one attached hydrogen (secondary N) is 1. The summed E-state index contributed by atoms with van der Waals surface area (Å²) in [5, 5.41) is 2.99. The quantitative estimate of drug-likeness (QED) is 0.389. The standard InChI is InChI=1S/C31H46N4O4S/c1-7-40(38,39)34(20-23(2)3)22-30(36)35(21-26-10-8-25(6)9-11-26)29-16-18-33(19-17-29)31(37)32-28-14-12-27(13-15-28)24(4)5/h8-15,23-24,29H,7,16-22H2,1-6H3,(H,32,37). The molecule has 0 radical (unpaired) electrons. The second-order valence-electron chi connectivity index (χ2n) is 11.5. The first-order valence-corrected chi connectivity index (χ1v) is 16.0. The second kappa shape index (κ2) is 14.1. The van der Waals surface area contributed by atoms with E-state index in [-0.39, 0.29) is 36.2 Å². The highest BCUT2D eigenvalue weighted by Crippen LogP contribution is 2.23. The van der Waals surface area contributed by atoms with Crippen LogP contribution in [0, 0.1) is 12.8 Å². The molecule has 220 valence electrons. The number of amides is 3. The number of likely N-dealkylation sites (tertiary alicyclic amines) is 1. The number of nitrogens with zero attached hydrogens (tertiary/aromatic N) is 3. The van der Waals surface area contributed by atoms with Gasteiger partial charge in [0.1, 0.15) is 0 Å². The molecule has 1 N–H and O–H groups in total. The van der Waals surface area contributed by atoms with Crippen LogP contribution >= 0.6 is 0 Å². The summed E-state index contributed by atoms with van der Waals surface area (Å²) < 4.78 is 26.9. The number of aryl methyl sites for hydroxylation is 1. The predicted octanol–water partition coefficient (Wildman–Crippen LogP) is 5.45. The molecule has 1 heterocycles. The Hall–Kier alpha value is -2.91. The number of urea groups is 1. The molecule has 0 atom stereocenters. The molecule has 0 spiro atoms. The molecule has 1 aliphatic heterocycles. The van der Waals surface area contributed by atoms with Crippen molar-refractivity contribution in [2.75, 3.05) is 37.2 Å². The highest BCUT2D eigenvalue weighted by Gasteiger charge is 2.32. The van der Waals surface area contributed by atoms with Gasteiger partial charge in [0.15, 0.2) is 0 Å². The van der Waals surface area contributed by atoms with Crippen molar-refractivity contribution in [3.63, 3.8) is 0 Å². The molecule has 0 saturated carbocycles. The van der Waals surface area contributed by atoms with Crippen LogP contribution < -0.4 is 5.32 Å². The third kappa shape index (κ3) is 8.80. The van der Waals surface area contributed by atoms with E-state index in [1.54, 1.807) is 11.8 Å². The van der Waals surface area contributed by atoms with E-state index >= 15 is 0 Å². The van der Waals surface area contributed by atoms with Gasteiger partial charge in [0.25, 0.3) is 0 Å². The minimum absolute atomic E-state index is 0.0430. The average Bonchev–Trinajstić information content (AvgIpc) is 2.92. The molecule has 0 bridgehead atoms. The van der Waals surface area contributed by atoms with Crippen molar-refractivity contribution in [2.24, 2.45) is 5.92 Å². The van der Waals surface area contributed by atoms with Gasteiger partial charge in [0, 0.05) is 37.9 Å². The van der Waals surface area contributed by atoms with E-state index < -0.39 is 10.0 Å². The van der Waals surface area contributed by atoms with Crippen LogP contribution in [0.5, 0.6) is 0 Å². The Bertz CT molecular complexity index is 1220. The Kier molecular flexibility index (Phi) is 11.2. The Morgan fingerprint density at radius 3 is 2.10 bits per heavy atom. The molecular formula is C31H46N4O4S. The fourth-order valence-electron chi connectivity index (χ4n) is 4.95. The Balaban J connectivity index is 1.71. The number of rotatable bonds is 11. The van der Waals surface area contributed by atoms with E-state index in [4.69, 9.17) is 0 Å². The minimum Gasteiger partial charge on any atom is -0.334 e. The first-order valence-electron chi connectivity index (χ1n) is 14.4. The lowest BCUT2D eigenvalue weighted by atomic mass is 10.0.